The van der Waals surface area contributed by atoms with Crippen LogP contribution in [0.15, 0.2) is 23.2 Å². The van der Waals surface area contributed by atoms with Gasteiger partial charge in [0.1, 0.15) is 5.75 Å². The molecule has 1 spiro atoms. The lowest BCUT2D eigenvalue weighted by molar-refractivity contribution is 0.0882. The van der Waals surface area contributed by atoms with Crippen molar-refractivity contribution in [3.8, 4) is 5.75 Å². The number of amides is 1. The van der Waals surface area contributed by atoms with Gasteiger partial charge in [0.15, 0.2) is 5.17 Å². The molecule has 3 fully saturated rings. The molecule has 2 saturated heterocycles. The van der Waals surface area contributed by atoms with Gasteiger partial charge in [0.25, 0.3) is 5.91 Å². The minimum Gasteiger partial charge on any atom is -0.496 e. The van der Waals surface area contributed by atoms with Crippen molar-refractivity contribution in [2.75, 3.05) is 26.8 Å². The van der Waals surface area contributed by atoms with Crippen LogP contribution in [0.2, 0.25) is 5.02 Å². The zero-order valence-electron chi connectivity index (χ0n) is 14.9. The zero-order chi connectivity index (χ0) is 18.1. The number of benzene rings is 1. The number of hydrogen-bond acceptors (Lipinski definition) is 4. The van der Waals surface area contributed by atoms with Crippen LogP contribution in [0.25, 0.3) is 0 Å². The molecule has 0 unspecified atom stereocenters. The molecule has 0 radical (unpaired) electrons. The molecule has 140 valence electrons. The third-order valence-corrected chi connectivity index (χ3v) is 7.10. The first-order valence-electron chi connectivity index (χ1n) is 9.11. The molecule has 4 rings (SSSR count). The number of rotatable bonds is 4. The number of nitrogens with zero attached hydrogens (tertiary/aromatic N) is 2. The number of carbonyl (C=O) groups is 1. The van der Waals surface area contributed by atoms with E-state index in [-0.39, 0.29) is 16.8 Å². The number of carbonyl (C=O) groups excluding carboxylic acids is 1. The quantitative estimate of drug-likeness (QED) is 0.772. The first kappa shape index (κ1) is 18.1. The molecule has 26 heavy (non-hydrogen) atoms. The number of methoxy groups -OCH3 is 1. The van der Waals surface area contributed by atoms with Crippen LogP contribution in [0, 0.1) is 0 Å². The van der Waals surface area contributed by atoms with Gasteiger partial charge >= 0.3 is 0 Å². The topological polar surface area (TPSA) is 51.1 Å². The van der Waals surface area contributed by atoms with E-state index in [9.17, 15) is 4.79 Å². The summed E-state index contributed by atoms with van der Waals surface area (Å²) < 4.78 is 11.3. The Bertz CT molecular complexity index is 729. The van der Waals surface area contributed by atoms with E-state index in [1.54, 1.807) is 37.1 Å². The Labute approximate surface area is 163 Å². The van der Waals surface area contributed by atoms with Gasteiger partial charge in [-0.05, 0) is 43.9 Å². The second kappa shape index (κ2) is 7.41. The SMILES string of the molecule is COc1ccc(Cl)cc1C(=O)/N=C1\SC2(CCC2)CN1C[C@H]1CCCO1. The predicted molar refractivity (Wildman–Crippen MR) is 104 cm³/mol. The van der Waals surface area contributed by atoms with Gasteiger partial charge in [-0.2, -0.15) is 4.99 Å². The Balaban J connectivity index is 1.58. The van der Waals surface area contributed by atoms with Crippen molar-refractivity contribution < 1.29 is 14.3 Å². The first-order valence-corrected chi connectivity index (χ1v) is 10.3. The van der Waals surface area contributed by atoms with Gasteiger partial charge in [-0.25, -0.2) is 0 Å². The number of amidine groups is 1. The molecule has 3 aliphatic rings. The van der Waals surface area contributed by atoms with Gasteiger partial charge in [-0.3, -0.25) is 4.79 Å². The molecule has 1 saturated carbocycles. The molecule has 7 heteroatoms. The molecule has 0 N–H and O–H groups in total. The lowest BCUT2D eigenvalue weighted by Gasteiger charge is -2.36. The highest BCUT2D eigenvalue weighted by molar-refractivity contribution is 8.15. The van der Waals surface area contributed by atoms with Crippen LogP contribution >= 0.6 is 23.4 Å². The summed E-state index contributed by atoms with van der Waals surface area (Å²) in [6.45, 7) is 2.60. The number of aliphatic imine (C=N–C) groups is 1. The highest BCUT2D eigenvalue weighted by atomic mass is 35.5. The van der Waals surface area contributed by atoms with Crippen LogP contribution in [-0.4, -0.2) is 53.6 Å². The highest BCUT2D eigenvalue weighted by Gasteiger charge is 2.47. The van der Waals surface area contributed by atoms with Crippen LogP contribution in [0.4, 0.5) is 0 Å². The first-order chi connectivity index (χ1) is 12.6. The maximum Gasteiger partial charge on any atom is 0.283 e. The van der Waals surface area contributed by atoms with Gasteiger partial charge < -0.3 is 14.4 Å². The predicted octanol–water partition coefficient (Wildman–Crippen LogP) is 4.00. The monoisotopic (exact) mass is 394 g/mol. The van der Waals surface area contributed by atoms with E-state index in [1.165, 1.54) is 19.3 Å². The van der Waals surface area contributed by atoms with Gasteiger partial charge in [-0.15, -0.1) is 0 Å². The second-order valence-electron chi connectivity index (χ2n) is 7.20. The zero-order valence-corrected chi connectivity index (χ0v) is 16.4. The Hall–Kier alpha value is -1.24. The Morgan fingerprint density at radius 3 is 2.96 bits per heavy atom. The summed E-state index contributed by atoms with van der Waals surface area (Å²) in [5.74, 6) is 0.191. The van der Waals surface area contributed by atoms with Crippen molar-refractivity contribution in [2.24, 2.45) is 4.99 Å². The average Bonchev–Trinajstić information content (AvgIpc) is 3.23. The van der Waals surface area contributed by atoms with E-state index in [2.05, 4.69) is 9.89 Å². The molecular formula is C19H23ClN2O3S. The summed E-state index contributed by atoms with van der Waals surface area (Å²) in [4.78, 5) is 19.5. The largest absolute Gasteiger partial charge is 0.496 e. The summed E-state index contributed by atoms with van der Waals surface area (Å²) in [7, 11) is 1.55. The fourth-order valence-electron chi connectivity index (χ4n) is 3.80. The Morgan fingerprint density at radius 1 is 1.46 bits per heavy atom. The third-order valence-electron chi connectivity index (χ3n) is 5.36. The van der Waals surface area contributed by atoms with Gasteiger partial charge in [0, 0.05) is 29.5 Å². The van der Waals surface area contributed by atoms with Gasteiger partial charge in [0.2, 0.25) is 0 Å². The van der Waals surface area contributed by atoms with Crippen molar-refractivity contribution in [3.05, 3.63) is 28.8 Å². The lowest BCUT2D eigenvalue weighted by Crippen LogP contribution is -2.40. The fourth-order valence-corrected chi connectivity index (χ4v) is 5.47. The van der Waals surface area contributed by atoms with E-state index in [1.807, 2.05) is 0 Å². The molecule has 1 aliphatic carbocycles. The van der Waals surface area contributed by atoms with E-state index in [0.717, 1.165) is 37.7 Å². The number of hydrogen-bond donors (Lipinski definition) is 0. The summed E-state index contributed by atoms with van der Waals surface area (Å²) in [5, 5.41) is 1.31. The highest BCUT2D eigenvalue weighted by Crippen LogP contribution is 2.50. The van der Waals surface area contributed by atoms with Crippen LogP contribution in [0.1, 0.15) is 42.5 Å². The van der Waals surface area contributed by atoms with Crippen LogP contribution in [-0.2, 0) is 4.74 Å². The summed E-state index contributed by atoms with van der Waals surface area (Å²) in [5.41, 5.74) is 0.403. The molecule has 0 bridgehead atoms. The summed E-state index contributed by atoms with van der Waals surface area (Å²) in [6, 6.07) is 5.03. The van der Waals surface area contributed by atoms with E-state index in [4.69, 9.17) is 21.1 Å². The standard InChI is InChI=1S/C19H23ClN2O3S/c1-24-16-6-5-13(20)10-15(16)17(23)21-18-22(11-14-4-2-9-25-14)12-19(26-18)7-3-8-19/h5-6,10,14H,2-4,7-9,11-12H2,1H3/b21-18-/t14-/m1/s1. The van der Waals surface area contributed by atoms with E-state index in [0.29, 0.717) is 16.3 Å². The van der Waals surface area contributed by atoms with Crippen molar-refractivity contribution >= 4 is 34.4 Å². The normalized spacial score (nSPS) is 25.7. The van der Waals surface area contributed by atoms with Crippen molar-refractivity contribution in [3.63, 3.8) is 0 Å². The van der Waals surface area contributed by atoms with Crippen molar-refractivity contribution in [1.29, 1.82) is 0 Å². The third kappa shape index (κ3) is 3.59. The minimum atomic E-state index is -0.305. The molecular weight excluding hydrogens is 372 g/mol. The number of ether oxygens (including phenoxy) is 2. The fraction of sp³-hybridized carbons (Fsp3) is 0.579. The van der Waals surface area contributed by atoms with Crippen LogP contribution in [0.3, 0.4) is 0 Å². The molecule has 1 amide bonds. The molecule has 1 aromatic carbocycles. The molecule has 1 atom stereocenters. The van der Waals surface area contributed by atoms with E-state index >= 15 is 0 Å². The average molecular weight is 395 g/mol. The molecule has 5 nitrogen and oxygen atoms in total. The molecule has 2 heterocycles. The second-order valence-corrected chi connectivity index (χ2v) is 9.07. The van der Waals surface area contributed by atoms with Crippen LogP contribution < -0.4 is 4.74 Å². The lowest BCUT2D eigenvalue weighted by atomic mass is 9.84. The van der Waals surface area contributed by atoms with Gasteiger partial charge in [0.05, 0.1) is 18.8 Å². The maximum absolute atomic E-state index is 12.8. The van der Waals surface area contributed by atoms with Gasteiger partial charge in [-0.1, -0.05) is 29.8 Å². The molecule has 1 aromatic rings. The number of halogens is 1. The minimum absolute atomic E-state index is 0.232. The van der Waals surface area contributed by atoms with E-state index < -0.39 is 0 Å². The smallest absolute Gasteiger partial charge is 0.283 e. The molecule has 0 aromatic heterocycles. The maximum atomic E-state index is 12.8. The van der Waals surface area contributed by atoms with Crippen LogP contribution in [0.5, 0.6) is 5.75 Å². The van der Waals surface area contributed by atoms with Crippen molar-refractivity contribution in [1.82, 2.24) is 4.90 Å². The molecule has 2 aliphatic heterocycles. The Morgan fingerprint density at radius 2 is 2.31 bits per heavy atom. The number of thioether (sulfide) groups is 1. The summed E-state index contributed by atoms with van der Waals surface area (Å²) >= 11 is 7.82. The summed E-state index contributed by atoms with van der Waals surface area (Å²) in [6.07, 6.45) is 6.07. The Kier molecular flexibility index (Phi) is 5.17. The van der Waals surface area contributed by atoms with Crippen molar-refractivity contribution in [2.45, 2.75) is 43.0 Å².